The van der Waals surface area contributed by atoms with Crippen LogP contribution in [0.15, 0.2) is 41.3 Å². The van der Waals surface area contributed by atoms with Crippen LogP contribution in [0.5, 0.6) is 5.75 Å². The maximum Gasteiger partial charge on any atom is 0.339 e. The minimum absolute atomic E-state index is 0.126. The van der Waals surface area contributed by atoms with Gasteiger partial charge in [-0.15, -0.1) is 0 Å². The van der Waals surface area contributed by atoms with E-state index in [1.165, 1.54) is 56.2 Å². The highest BCUT2D eigenvalue weighted by molar-refractivity contribution is 8.18. The van der Waals surface area contributed by atoms with E-state index >= 15 is 0 Å². The van der Waals surface area contributed by atoms with Crippen LogP contribution in [0, 0.1) is 17.8 Å². The summed E-state index contributed by atoms with van der Waals surface area (Å²) in [6.45, 7) is 4.19. The number of ether oxygens (including phenoxy) is 2. The van der Waals surface area contributed by atoms with Gasteiger partial charge in [-0.2, -0.15) is 0 Å². The van der Waals surface area contributed by atoms with Crippen molar-refractivity contribution in [3.63, 3.8) is 0 Å². The molecular formula is C35H39ClN2O6S. The Morgan fingerprint density at radius 2 is 1.76 bits per heavy atom. The highest BCUT2D eigenvalue weighted by Gasteiger charge is 2.51. The van der Waals surface area contributed by atoms with Gasteiger partial charge in [0, 0.05) is 11.3 Å². The number of rotatable bonds is 11. The third-order valence-corrected chi connectivity index (χ3v) is 10.9. The maximum absolute atomic E-state index is 13.4. The third kappa shape index (κ3) is 6.66. The Labute approximate surface area is 273 Å². The van der Waals surface area contributed by atoms with E-state index in [0.29, 0.717) is 18.0 Å². The first kappa shape index (κ1) is 31.7. The van der Waals surface area contributed by atoms with Gasteiger partial charge in [0.1, 0.15) is 12.3 Å². The predicted molar refractivity (Wildman–Crippen MR) is 175 cm³/mol. The molecule has 4 bridgehead atoms. The molecule has 3 amide bonds. The Bertz CT molecular complexity index is 1520. The molecule has 0 radical (unpaired) electrons. The smallest absolute Gasteiger partial charge is 0.339 e. The molecule has 4 aliphatic carbocycles. The van der Waals surface area contributed by atoms with Gasteiger partial charge < -0.3 is 14.8 Å². The number of benzene rings is 2. The summed E-state index contributed by atoms with van der Waals surface area (Å²) in [5.41, 5.74) is 2.68. The Morgan fingerprint density at radius 3 is 2.42 bits per heavy atom. The molecule has 0 aromatic heterocycles. The second kappa shape index (κ2) is 13.2. The Kier molecular flexibility index (Phi) is 9.29. The van der Waals surface area contributed by atoms with Crippen LogP contribution >= 0.6 is 23.4 Å². The van der Waals surface area contributed by atoms with E-state index < -0.39 is 29.6 Å². The number of halogens is 1. The van der Waals surface area contributed by atoms with Crippen molar-refractivity contribution in [3.05, 3.63) is 63.0 Å². The Balaban J connectivity index is 1.17. The van der Waals surface area contributed by atoms with Gasteiger partial charge >= 0.3 is 5.97 Å². The summed E-state index contributed by atoms with van der Waals surface area (Å²) in [5, 5.41) is 2.34. The number of thioether (sulfide) groups is 1. The molecule has 2 aromatic rings. The number of carbonyl (C=O) groups is 4. The van der Waals surface area contributed by atoms with Crippen LogP contribution < -0.4 is 10.1 Å². The summed E-state index contributed by atoms with van der Waals surface area (Å²) in [5.74, 6) is 1.37. The van der Waals surface area contributed by atoms with E-state index in [1.807, 2.05) is 19.9 Å². The number of anilines is 1. The first-order chi connectivity index (χ1) is 21.7. The van der Waals surface area contributed by atoms with Crippen LogP contribution in [0.3, 0.4) is 0 Å². The average Bonchev–Trinajstić information content (AvgIpc) is 3.25. The monoisotopic (exact) mass is 650 g/mol. The molecule has 5 aliphatic rings. The number of amides is 3. The van der Waals surface area contributed by atoms with Gasteiger partial charge in [-0.3, -0.25) is 19.3 Å². The van der Waals surface area contributed by atoms with Gasteiger partial charge in [0.2, 0.25) is 5.91 Å². The lowest BCUT2D eigenvalue weighted by Crippen LogP contribution is -2.48. The minimum atomic E-state index is -0.584. The summed E-state index contributed by atoms with van der Waals surface area (Å²) in [6, 6.07) is 10.8. The van der Waals surface area contributed by atoms with Crippen molar-refractivity contribution < 1.29 is 28.7 Å². The van der Waals surface area contributed by atoms with Gasteiger partial charge in [0.05, 0.1) is 28.7 Å². The van der Waals surface area contributed by atoms with Crippen molar-refractivity contribution >= 4 is 58.1 Å². The molecule has 4 saturated carbocycles. The van der Waals surface area contributed by atoms with Crippen molar-refractivity contribution in [1.82, 2.24) is 4.90 Å². The van der Waals surface area contributed by atoms with Crippen LogP contribution in [-0.4, -0.2) is 47.7 Å². The second-order valence-corrected chi connectivity index (χ2v) is 14.3. The zero-order valence-corrected chi connectivity index (χ0v) is 27.3. The molecule has 0 unspecified atom stereocenters. The number of hydrogen-bond acceptors (Lipinski definition) is 7. The lowest BCUT2D eigenvalue weighted by molar-refractivity contribution is -0.127. The molecule has 7 rings (SSSR count). The van der Waals surface area contributed by atoms with Crippen LogP contribution in [0.1, 0.15) is 86.7 Å². The zero-order chi connectivity index (χ0) is 31.7. The lowest BCUT2D eigenvalue weighted by Gasteiger charge is -2.57. The number of esters is 1. The fourth-order valence-electron chi connectivity index (χ4n) is 8.01. The third-order valence-electron chi connectivity index (χ3n) is 9.62. The molecule has 45 heavy (non-hydrogen) atoms. The van der Waals surface area contributed by atoms with Gasteiger partial charge in [0.25, 0.3) is 11.1 Å². The van der Waals surface area contributed by atoms with Crippen molar-refractivity contribution in [3.8, 4) is 5.75 Å². The highest BCUT2D eigenvalue weighted by Crippen LogP contribution is 2.61. The van der Waals surface area contributed by atoms with Crippen molar-refractivity contribution in [2.45, 2.75) is 70.6 Å². The Hall–Kier alpha value is -3.30. The molecule has 238 valence electrons. The number of unbranched alkanes of at least 4 members (excludes halogenated alkanes) is 1. The fourth-order valence-corrected chi connectivity index (χ4v) is 9.03. The number of hydrogen-bond donors (Lipinski definition) is 1. The average molecular weight is 651 g/mol. The zero-order valence-electron chi connectivity index (χ0n) is 25.7. The van der Waals surface area contributed by atoms with E-state index in [0.717, 1.165) is 52.8 Å². The summed E-state index contributed by atoms with van der Waals surface area (Å²) in [6.07, 6.45) is 11.0. The first-order valence-electron chi connectivity index (χ1n) is 16.0. The summed E-state index contributed by atoms with van der Waals surface area (Å²) in [7, 11) is 0. The van der Waals surface area contributed by atoms with Gasteiger partial charge in [0.15, 0.2) is 0 Å². The largest absolute Gasteiger partial charge is 0.493 e. The molecule has 1 aliphatic heterocycles. The van der Waals surface area contributed by atoms with E-state index in [1.54, 1.807) is 12.1 Å². The summed E-state index contributed by atoms with van der Waals surface area (Å²) in [4.78, 5) is 52.9. The SMILES string of the molecule is CCCCOC(=O)c1cc(NC(=O)CN2C(=O)S/C(=C/c3cc(C45CC6CC(CC(C6)C4)C5)ccc3OCC)C2=O)ccc1Cl. The number of nitrogens with one attached hydrogen (secondary N) is 1. The van der Waals surface area contributed by atoms with E-state index in [4.69, 9.17) is 21.1 Å². The predicted octanol–water partition coefficient (Wildman–Crippen LogP) is 7.84. The minimum Gasteiger partial charge on any atom is -0.493 e. The van der Waals surface area contributed by atoms with Crippen molar-refractivity contribution in [1.29, 1.82) is 0 Å². The second-order valence-electron chi connectivity index (χ2n) is 12.9. The van der Waals surface area contributed by atoms with Crippen LogP contribution in [0.25, 0.3) is 6.08 Å². The van der Waals surface area contributed by atoms with Crippen molar-refractivity contribution in [2.24, 2.45) is 17.8 Å². The Morgan fingerprint density at radius 1 is 1.04 bits per heavy atom. The fraction of sp³-hybridized carbons (Fsp3) is 0.486. The molecular weight excluding hydrogens is 612 g/mol. The summed E-state index contributed by atoms with van der Waals surface area (Å²) >= 11 is 7.01. The van der Waals surface area contributed by atoms with E-state index in [-0.39, 0.29) is 27.5 Å². The van der Waals surface area contributed by atoms with E-state index in [2.05, 4.69) is 17.4 Å². The molecule has 1 N–H and O–H groups in total. The molecule has 10 heteroatoms. The molecule has 5 fully saturated rings. The summed E-state index contributed by atoms with van der Waals surface area (Å²) < 4.78 is 11.2. The molecule has 1 heterocycles. The lowest BCUT2D eigenvalue weighted by atomic mass is 9.48. The van der Waals surface area contributed by atoms with Crippen LogP contribution in [-0.2, 0) is 19.7 Å². The van der Waals surface area contributed by atoms with Gasteiger partial charge in [-0.1, -0.05) is 31.0 Å². The highest BCUT2D eigenvalue weighted by atomic mass is 35.5. The number of carbonyl (C=O) groups excluding carboxylic acids is 4. The first-order valence-corrected chi connectivity index (χ1v) is 17.2. The van der Waals surface area contributed by atoms with E-state index in [9.17, 15) is 19.2 Å². The molecule has 0 spiro atoms. The molecule has 8 nitrogen and oxygen atoms in total. The van der Waals surface area contributed by atoms with Crippen LogP contribution in [0.2, 0.25) is 5.02 Å². The molecule has 1 saturated heterocycles. The molecule has 2 aromatic carbocycles. The quantitative estimate of drug-likeness (QED) is 0.150. The standard InChI is InChI=1S/C35H39ClN2O6S/c1-3-5-10-44-33(41)27-16-26(7-8-28(27)36)37-31(39)20-38-32(40)30(45-34(38)42)15-24-14-25(6-9-29(24)43-4-2)35-17-21-11-22(18-35)13-23(12-21)19-35/h6-9,14-16,21-23H,3-5,10-13,17-20H2,1-2H3,(H,37,39)/b30-15+. The normalized spacial score (nSPS) is 26.1. The van der Waals surface area contributed by atoms with Gasteiger partial charge in [-0.25, -0.2) is 4.79 Å². The molecule has 0 atom stereocenters. The van der Waals surface area contributed by atoms with Crippen LogP contribution in [0.4, 0.5) is 10.5 Å². The maximum atomic E-state index is 13.4. The number of nitrogens with zero attached hydrogens (tertiary/aromatic N) is 1. The van der Waals surface area contributed by atoms with Crippen molar-refractivity contribution in [2.75, 3.05) is 25.1 Å². The van der Waals surface area contributed by atoms with Gasteiger partial charge in [-0.05, 0) is 129 Å². The number of imide groups is 1. The topological polar surface area (TPSA) is 102 Å².